The molecular formula is C18H21FN2O5S. The van der Waals surface area contributed by atoms with Gasteiger partial charge in [0.2, 0.25) is 0 Å². The van der Waals surface area contributed by atoms with Crippen LogP contribution < -0.4 is 19.1 Å². The molecule has 1 heterocycles. The molecule has 0 radical (unpaired) electrons. The quantitative estimate of drug-likeness (QED) is 0.808. The zero-order chi connectivity index (χ0) is 19.4. The van der Waals surface area contributed by atoms with Crippen LogP contribution in [0, 0.1) is 5.82 Å². The van der Waals surface area contributed by atoms with Crippen LogP contribution in [0.4, 0.5) is 15.8 Å². The second-order valence-corrected chi connectivity index (χ2v) is 7.60. The predicted molar refractivity (Wildman–Crippen MR) is 99.8 cm³/mol. The van der Waals surface area contributed by atoms with Gasteiger partial charge in [0.1, 0.15) is 5.82 Å². The Morgan fingerprint density at radius 2 is 1.74 bits per heavy atom. The smallest absolute Gasteiger partial charge is 0.262 e. The van der Waals surface area contributed by atoms with Crippen molar-refractivity contribution in [2.24, 2.45) is 0 Å². The molecule has 0 aromatic heterocycles. The van der Waals surface area contributed by atoms with Crippen molar-refractivity contribution in [2.75, 3.05) is 50.1 Å². The van der Waals surface area contributed by atoms with E-state index in [-0.39, 0.29) is 16.3 Å². The van der Waals surface area contributed by atoms with Gasteiger partial charge in [0.15, 0.2) is 11.5 Å². The van der Waals surface area contributed by atoms with Crippen LogP contribution in [0.15, 0.2) is 41.3 Å². The molecule has 3 rings (SSSR count). The average molecular weight is 396 g/mol. The van der Waals surface area contributed by atoms with Gasteiger partial charge < -0.3 is 19.1 Å². The number of nitrogens with one attached hydrogen (secondary N) is 1. The number of anilines is 2. The van der Waals surface area contributed by atoms with Gasteiger partial charge in [-0.15, -0.1) is 0 Å². The number of benzene rings is 2. The Kier molecular flexibility index (Phi) is 5.71. The molecule has 0 atom stereocenters. The van der Waals surface area contributed by atoms with Crippen LogP contribution in [0.2, 0.25) is 0 Å². The molecule has 0 bridgehead atoms. The molecule has 0 saturated carbocycles. The lowest BCUT2D eigenvalue weighted by Gasteiger charge is -2.29. The van der Waals surface area contributed by atoms with E-state index < -0.39 is 15.8 Å². The fourth-order valence-electron chi connectivity index (χ4n) is 2.83. The molecule has 27 heavy (non-hydrogen) atoms. The maximum absolute atomic E-state index is 14.0. The van der Waals surface area contributed by atoms with Gasteiger partial charge >= 0.3 is 0 Å². The number of hydrogen-bond acceptors (Lipinski definition) is 6. The van der Waals surface area contributed by atoms with Crippen molar-refractivity contribution in [3.8, 4) is 11.5 Å². The molecule has 7 nitrogen and oxygen atoms in total. The van der Waals surface area contributed by atoms with Crippen LogP contribution in [-0.4, -0.2) is 48.9 Å². The van der Waals surface area contributed by atoms with Crippen LogP contribution in [0.1, 0.15) is 0 Å². The molecule has 0 unspecified atom stereocenters. The maximum Gasteiger partial charge on any atom is 0.262 e. The van der Waals surface area contributed by atoms with Crippen molar-refractivity contribution < 1.29 is 27.0 Å². The first-order valence-corrected chi connectivity index (χ1v) is 9.79. The van der Waals surface area contributed by atoms with Crippen molar-refractivity contribution in [3.63, 3.8) is 0 Å². The molecule has 9 heteroatoms. The average Bonchev–Trinajstić information content (AvgIpc) is 2.67. The van der Waals surface area contributed by atoms with Crippen LogP contribution in [0.5, 0.6) is 11.5 Å². The van der Waals surface area contributed by atoms with Gasteiger partial charge in [0, 0.05) is 24.8 Å². The number of nitrogens with zero attached hydrogens (tertiary/aromatic N) is 1. The second-order valence-electron chi connectivity index (χ2n) is 5.92. The van der Waals surface area contributed by atoms with Crippen LogP contribution in [0.25, 0.3) is 0 Å². The molecule has 1 aliphatic rings. The molecule has 1 aliphatic heterocycles. The summed E-state index contributed by atoms with van der Waals surface area (Å²) in [5, 5.41) is 0. The molecule has 1 N–H and O–H groups in total. The summed E-state index contributed by atoms with van der Waals surface area (Å²) in [5.74, 6) is 0.175. The zero-order valence-electron chi connectivity index (χ0n) is 15.1. The lowest BCUT2D eigenvalue weighted by molar-refractivity contribution is 0.122. The number of sulfonamides is 1. The zero-order valence-corrected chi connectivity index (χ0v) is 15.9. The van der Waals surface area contributed by atoms with Gasteiger partial charge in [0.05, 0.1) is 38.0 Å². The first-order valence-electron chi connectivity index (χ1n) is 8.31. The maximum atomic E-state index is 14.0. The fourth-order valence-corrected chi connectivity index (χ4v) is 3.89. The third kappa shape index (κ3) is 4.42. The molecule has 0 amide bonds. The fraction of sp³-hybridized carbons (Fsp3) is 0.333. The van der Waals surface area contributed by atoms with E-state index in [1.807, 2.05) is 4.90 Å². The molecule has 1 fully saturated rings. The van der Waals surface area contributed by atoms with Crippen molar-refractivity contribution >= 4 is 21.4 Å². The minimum absolute atomic E-state index is 0.0164. The predicted octanol–water partition coefficient (Wildman–Crippen LogP) is 2.48. The van der Waals surface area contributed by atoms with Crippen LogP contribution in [-0.2, 0) is 14.8 Å². The van der Waals surface area contributed by atoms with Gasteiger partial charge in [-0.1, -0.05) is 0 Å². The van der Waals surface area contributed by atoms with Gasteiger partial charge in [-0.25, -0.2) is 12.8 Å². The van der Waals surface area contributed by atoms with Gasteiger partial charge in [-0.05, 0) is 30.3 Å². The third-order valence-corrected chi connectivity index (χ3v) is 5.56. The molecule has 1 saturated heterocycles. The van der Waals surface area contributed by atoms with Crippen LogP contribution in [0.3, 0.4) is 0 Å². The summed E-state index contributed by atoms with van der Waals surface area (Å²) in [6.07, 6.45) is 0. The Morgan fingerprint density at radius 3 is 2.41 bits per heavy atom. The number of halogens is 1. The topological polar surface area (TPSA) is 77.1 Å². The highest BCUT2D eigenvalue weighted by molar-refractivity contribution is 7.92. The molecule has 146 valence electrons. The van der Waals surface area contributed by atoms with Crippen molar-refractivity contribution in [2.45, 2.75) is 4.90 Å². The minimum Gasteiger partial charge on any atom is -0.493 e. The Hall–Kier alpha value is -2.52. The Balaban J connectivity index is 1.88. The molecule has 2 aromatic rings. The highest BCUT2D eigenvalue weighted by Crippen LogP contribution is 2.31. The standard InChI is InChI=1S/C18H21FN2O5S/c1-24-17-4-3-16(12-18(17)25-2)27(22,23)20-14-9-13(19)10-15(11-14)21-5-7-26-8-6-21/h3-4,9-12,20H,5-8H2,1-2H3. The Bertz CT molecular complexity index is 914. The summed E-state index contributed by atoms with van der Waals surface area (Å²) in [7, 11) is -1.05. The van der Waals surface area contributed by atoms with E-state index in [0.29, 0.717) is 37.7 Å². The van der Waals surface area contributed by atoms with Crippen molar-refractivity contribution in [3.05, 3.63) is 42.2 Å². The minimum atomic E-state index is -3.93. The molecule has 2 aromatic carbocycles. The normalized spacial score (nSPS) is 14.7. The van der Waals surface area contributed by atoms with Gasteiger partial charge in [-0.3, -0.25) is 4.72 Å². The number of rotatable bonds is 6. The SMILES string of the molecule is COc1ccc(S(=O)(=O)Nc2cc(F)cc(N3CCOCC3)c2)cc1OC. The largest absolute Gasteiger partial charge is 0.493 e. The molecular weight excluding hydrogens is 375 g/mol. The first kappa shape index (κ1) is 19.2. The monoisotopic (exact) mass is 396 g/mol. The summed E-state index contributed by atoms with van der Waals surface area (Å²) in [6.45, 7) is 2.32. The van der Waals surface area contributed by atoms with E-state index in [0.717, 1.165) is 6.07 Å². The number of morpholine rings is 1. The van der Waals surface area contributed by atoms with Crippen LogP contribution >= 0.6 is 0 Å². The lowest BCUT2D eigenvalue weighted by atomic mass is 10.2. The highest BCUT2D eigenvalue weighted by atomic mass is 32.2. The van der Waals surface area contributed by atoms with E-state index in [1.54, 1.807) is 6.07 Å². The summed E-state index contributed by atoms with van der Waals surface area (Å²) in [4.78, 5) is 1.93. The van der Waals surface area contributed by atoms with E-state index in [2.05, 4.69) is 4.72 Å². The van der Waals surface area contributed by atoms with E-state index in [4.69, 9.17) is 14.2 Å². The summed E-state index contributed by atoms with van der Waals surface area (Å²) in [6, 6.07) is 8.36. The molecule has 0 aliphatic carbocycles. The Labute approximate surface area is 157 Å². The number of ether oxygens (including phenoxy) is 3. The van der Waals surface area contributed by atoms with E-state index in [9.17, 15) is 12.8 Å². The third-order valence-electron chi connectivity index (χ3n) is 4.18. The van der Waals surface area contributed by atoms with Gasteiger partial charge in [-0.2, -0.15) is 0 Å². The van der Waals surface area contributed by atoms with Crippen molar-refractivity contribution in [1.82, 2.24) is 0 Å². The van der Waals surface area contributed by atoms with Gasteiger partial charge in [0.25, 0.3) is 10.0 Å². The summed E-state index contributed by atoms with van der Waals surface area (Å²) in [5.41, 5.74) is 0.745. The van der Waals surface area contributed by atoms with Crippen molar-refractivity contribution in [1.29, 1.82) is 0 Å². The number of methoxy groups -OCH3 is 2. The van der Waals surface area contributed by atoms with E-state index >= 15 is 0 Å². The molecule has 0 spiro atoms. The Morgan fingerprint density at radius 1 is 1.04 bits per heavy atom. The highest BCUT2D eigenvalue weighted by Gasteiger charge is 2.19. The number of hydrogen-bond donors (Lipinski definition) is 1. The lowest BCUT2D eigenvalue weighted by Crippen LogP contribution is -2.36. The second kappa shape index (κ2) is 8.01. The first-order chi connectivity index (χ1) is 12.9. The summed E-state index contributed by atoms with van der Waals surface area (Å²) < 4.78 is 57.4. The van der Waals surface area contributed by atoms with E-state index in [1.165, 1.54) is 38.5 Å². The summed E-state index contributed by atoms with van der Waals surface area (Å²) >= 11 is 0.